The molecule has 2 saturated heterocycles. The summed E-state index contributed by atoms with van der Waals surface area (Å²) in [4.78, 5) is 16.4. The summed E-state index contributed by atoms with van der Waals surface area (Å²) in [6.07, 6.45) is -0.366. The van der Waals surface area contributed by atoms with Gasteiger partial charge < -0.3 is 14.4 Å². The first-order chi connectivity index (χ1) is 12.7. The second kappa shape index (κ2) is 7.67. The number of carbonyl (C=O) groups is 1. The zero-order valence-corrected chi connectivity index (χ0v) is 17.0. The van der Waals surface area contributed by atoms with Gasteiger partial charge in [-0.2, -0.15) is 5.26 Å². The number of piperazine rings is 1. The van der Waals surface area contributed by atoms with Crippen LogP contribution in [0.5, 0.6) is 0 Å². The molecule has 0 N–H and O–H groups in total. The molecule has 2 aliphatic rings. The summed E-state index contributed by atoms with van der Waals surface area (Å²) in [6.45, 7) is 10.8. The average Bonchev–Trinajstić information content (AvgIpc) is 2.60. The maximum Gasteiger partial charge on any atom is 0.410 e. The number of nitriles is 1. The molecule has 2 aliphatic heterocycles. The number of benzene rings is 1. The minimum absolute atomic E-state index is 0.0984. The minimum atomic E-state index is -0.493. The summed E-state index contributed by atoms with van der Waals surface area (Å²) in [5.41, 5.74) is 1.90. The van der Waals surface area contributed by atoms with Crippen molar-refractivity contribution in [2.75, 3.05) is 32.8 Å². The van der Waals surface area contributed by atoms with Crippen LogP contribution in [0.2, 0.25) is 5.02 Å². The molecule has 1 aromatic rings. The third-order valence-corrected chi connectivity index (χ3v) is 5.38. The van der Waals surface area contributed by atoms with Crippen LogP contribution in [-0.4, -0.2) is 60.3 Å². The first-order valence-electron chi connectivity index (χ1n) is 9.22. The fourth-order valence-corrected chi connectivity index (χ4v) is 3.89. The van der Waals surface area contributed by atoms with Crippen LogP contribution < -0.4 is 0 Å². The van der Waals surface area contributed by atoms with Gasteiger partial charge in [0.1, 0.15) is 11.7 Å². The van der Waals surface area contributed by atoms with Crippen LogP contribution in [0.25, 0.3) is 0 Å². The van der Waals surface area contributed by atoms with E-state index in [4.69, 9.17) is 21.1 Å². The first kappa shape index (κ1) is 19.9. The van der Waals surface area contributed by atoms with E-state index in [0.717, 1.165) is 24.2 Å². The summed E-state index contributed by atoms with van der Waals surface area (Å²) in [5.74, 6) is 0. The Balaban J connectivity index is 1.67. The summed E-state index contributed by atoms with van der Waals surface area (Å²) >= 11 is 6.12. The summed E-state index contributed by atoms with van der Waals surface area (Å²) in [7, 11) is 0. The van der Waals surface area contributed by atoms with E-state index < -0.39 is 5.60 Å². The number of ether oxygens (including phenoxy) is 2. The molecule has 0 bridgehead atoms. The summed E-state index contributed by atoms with van der Waals surface area (Å²) < 4.78 is 11.6. The average molecular weight is 392 g/mol. The number of hydrogen-bond donors (Lipinski definition) is 0. The molecule has 0 radical (unpaired) electrons. The third kappa shape index (κ3) is 4.37. The van der Waals surface area contributed by atoms with E-state index in [0.29, 0.717) is 30.3 Å². The number of nitrogens with zero attached hydrogens (tertiary/aromatic N) is 3. The minimum Gasteiger partial charge on any atom is -0.444 e. The normalized spacial score (nSPS) is 23.5. The van der Waals surface area contributed by atoms with E-state index in [1.807, 2.05) is 33.8 Å². The van der Waals surface area contributed by atoms with Gasteiger partial charge in [0.15, 0.2) is 0 Å². The van der Waals surface area contributed by atoms with Gasteiger partial charge in [-0.25, -0.2) is 4.79 Å². The second-order valence-electron chi connectivity index (χ2n) is 8.15. The van der Waals surface area contributed by atoms with E-state index in [-0.39, 0.29) is 18.2 Å². The van der Waals surface area contributed by atoms with Gasteiger partial charge in [0, 0.05) is 26.2 Å². The van der Waals surface area contributed by atoms with Gasteiger partial charge in [0.25, 0.3) is 0 Å². The van der Waals surface area contributed by atoms with E-state index in [9.17, 15) is 10.1 Å². The van der Waals surface area contributed by atoms with Crippen molar-refractivity contribution < 1.29 is 14.3 Å². The molecule has 2 unspecified atom stereocenters. The van der Waals surface area contributed by atoms with Gasteiger partial charge in [-0.15, -0.1) is 0 Å². The van der Waals surface area contributed by atoms with Crippen molar-refractivity contribution in [3.8, 4) is 6.07 Å². The summed E-state index contributed by atoms with van der Waals surface area (Å²) in [5, 5.41) is 9.81. The number of morpholine rings is 1. The SMILES string of the molecule is Cc1c(C2CN3CCN(C(=O)OC(C)(C)C)CC3CO2)ccc(Cl)c1C#N. The molecule has 0 aliphatic carbocycles. The number of amides is 1. The molecule has 1 amide bonds. The molecule has 3 rings (SSSR count). The lowest BCUT2D eigenvalue weighted by Crippen LogP contribution is -2.60. The number of rotatable bonds is 1. The Kier molecular flexibility index (Phi) is 5.66. The first-order valence-corrected chi connectivity index (χ1v) is 9.60. The van der Waals surface area contributed by atoms with Gasteiger partial charge in [-0.1, -0.05) is 17.7 Å². The Hall–Kier alpha value is -1.81. The van der Waals surface area contributed by atoms with Crippen molar-refractivity contribution in [1.82, 2.24) is 9.80 Å². The number of fused-ring (bicyclic) bond motifs is 1. The molecule has 6 nitrogen and oxygen atoms in total. The lowest BCUT2D eigenvalue weighted by Gasteiger charge is -2.46. The number of hydrogen-bond acceptors (Lipinski definition) is 5. The molecule has 146 valence electrons. The van der Waals surface area contributed by atoms with Crippen LogP contribution in [0, 0.1) is 18.3 Å². The van der Waals surface area contributed by atoms with Crippen molar-refractivity contribution in [1.29, 1.82) is 5.26 Å². The second-order valence-corrected chi connectivity index (χ2v) is 8.55. The van der Waals surface area contributed by atoms with E-state index >= 15 is 0 Å². The Morgan fingerprint density at radius 2 is 2.07 bits per heavy atom. The fourth-order valence-electron chi connectivity index (χ4n) is 3.65. The predicted molar refractivity (Wildman–Crippen MR) is 103 cm³/mol. The molecular weight excluding hydrogens is 366 g/mol. The highest BCUT2D eigenvalue weighted by Gasteiger charge is 2.37. The predicted octanol–water partition coefficient (Wildman–Crippen LogP) is 3.51. The van der Waals surface area contributed by atoms with E-state index in [1.54, 1.807) is 11.0 Å². The van der Waals surface area contributed by atoms with Crippen molar-refractivity contribution in [2.24, 2.45) is 0 Å². The van der Waals surface area contributed by atoms with Crippen molar-refractivity contribution in [3.05, 3.63) is 33.8 Å². The zero-order valence-electron chi connectivity index (χ0n) is 16.3. The van der Waals surface area contributed by atoms with Crippen LogP contribution in [-0.2, 0) is 9.47 Å². The monoisotopic (exact) mass is 391 g/mol. The fraction of sp³-hybridized carbons (Fsp3) is 0.600. The molecule has 27 heavy (non-hydrogen) atoms. The highest BCUT2D eigenvalue weighted by molar-refractivity contribution is 6.31. The van der Waals surface area contributed by atoms with Gasteiger partial charge in [-0.05, 0) is 44.9 Å². The molecule has 0 aromatic heterocycles. The maximum absolute atomic E-state index is 12.3. The molecule has 2 fully saturated rings. The van der Waals surface area contributed by atoms with Crippen molar-refractivity contribution >= 4 is 17.7 Å². The number of halogens is 1. The van der Waals surface area contributed by atoms with Gasteiger partial charge in [-0.3, -0.25) is 4.90 Å². The molecule has 0 saturated carbocycles. The van der Waals surface area contributed by atoms with Gasteiger partial charge in [0.2, 0.25) is 0 Å². The molecule has 0 spiro atoms. The van der Waals surface area contributed by atoms with Crippen LogP contribution in [0.3, 0.4) is 0 Å². The highest BCUT2D eigenvalue weighted by atomic mass is 35.5. The Bertz CT molecular complexity index is 769. The lowest BCUT2D eigenvalue weighted by molar-refractivity contribution is -0.0908. The molecule has 2 atom stereocenters. The third-order valence-electron chi connectivity index (χ3n) is 5.06. The highest BCUT2D eigenvalue weighted by Crippen LogP contribution is 2.32. The molecule has 1 aromatic carbocycles. The van der Waals surface area contributed by atoms with Crippen LogP contribution in [0.4, 0.5) is 4.79 Å². The van der Waals surface area contributed by atoms with Gasteiger partial charge in [0.05, 0.1) is 29.3 Å². The Morgan fingerprint density at radius 1 is 1.33 bits per heavy atom. The standard InChI is InChI=1S/C20H26ClN3O3/c1-13-15(5-6-17(21)16(13)9-22)18-11-23-7-8-24(10-14(23)12-26-18)19(25)27-20(2,3)4/h5-6,14,18H,7-8,10-12H2,1-4H3. The van der Waals surface area contributed by atoms with Crippen LogP contribution in [0.1, 0.15) is 43.6 Å². The summed E-state index contributed by atoms with van der Waals surface area (Å²) in [6, 6.07) is 6.04. The topological polar surface area (TPSA) is 65.8 Å². The van der Waals surface area contributed by atoms with Crippen molar-refractivity contribution in [3.63, 3.8) is 0 Å². The van der Waals surface area contributed by atoms with Crippen LogP contribution >= 0.6 is 11.6 Å². The van der Waals surface area contributed by atoms with Crippen LogP contribution in [0.15, 0.2) is 12.1 Å². The van der Waals surface area contributed by atoms with Crippen molar-refractivity contribution in [2.45, 2.75) is 45.4 Å². The lowest BCUT2D eigenvalue weighted by atomic mass is 9.96. The van der Waals surface area contributed by atoms with E-state index in [2.05, 4.69) is 11.0 Å². The Labute approximate surface area is 165 Å². The number of carbonyl (C=O) groups excluding carboxylic acids is 1. The van der Waals surface area contributed by atoms with E-state index in [1.165, 1.54) is 0 Å². The smallest absolute Gasteiger partial charge is 0.410 e. The molecule has 7 heteroatoms. The maximum atomic E-state index is 12.3. The Morgan fingerprint density at radius 3 is 2.74 bits per heavy atom. The quantitative estimate of drug-likeness (QED) is 0.732. The van der Waals surface area contributed by atoms with Gasteiger partial charge >= 0.3 is 6.09 Å². The molecule has 2 heterocycles. The molecular formula is C20H26ClN3O3. The largest absolute Gasteiger partial charge is 0.444 e. The zero-order chi connectivity index (χ0) is 19.8.